The van der Waals surface area contributed by atoms with Crippen LogP contribution in [-0.4, -0.2) is 24.5 Å². The summed E-state index contributed by atoms with van der Waals surface area (Å²) in [5.41, 5.74) is 0.448. The number of para-hydroxylation sites is 1. The van der Waals surface area contributed by atoms with Crippen molar-refractivity contribution in [3.63, 3.8) is 0 Å². The quantitative estimate of drug-likeness (QED) is 0.765. The molecule has 0 aliphatic rings. The molecule has 0 saturated carbocycles. The Morgan fingerprint density at radius 2 is 2.00 bits per heavy atom. The van der Waals surface area contributed by atoms with E-state index in [-0.39, 0.29) is 22.9 Å². The average molecular weight is 335 g/mol. The van der Waals surface area contributed by atoms with E-state index < -0.39 is 10.0 Å². The van der Waals surface area contributed by atoms with Crippen LogP contribution in [0.4, 0.5) is 0 Å². The minimum atomic E-state index is -3.51. The number of nitrogens with zero attached hydrogens (tertiary/aromatic N) is 2. The zero-order valence-corrected chi connectivity index (χ0v) is 13.1. The Hall–Kier alpha value is -2.03. The van der Waals surface area contributed by atoms with Gasteiger partial charge in [0.25, 0.3) is 5.56 Å². The smallest absolute Gasteiger partial charge is 0.261 e. The number of hydrogen-bond acceptors (Lipinski definition) is 5. The molecule has 0 aliphatic heterocycles. The fourth-order valence-electron chi connectivity index (χ4n) is 2.05. The van der Waals surface area contributed by atoms with Crippen molar-refractivity contribution >= 4 is 32.3 Å². The summed E-state index contributed by atoms with van der Waals surface area (Å²) in [6, 6.07) is 10.3. The molecule has 0 fully saturated rings. The Kier molecular flexibility index (Phi) is 4.06. The molecule has 0 radical (unpaired) electrons. The van der Waals surface area contributed by atoms with Crippen LogP contribution in [0.15, 0.2) is 57.1 Å². The first kappa shape index (κ1) is 14.9. The van der Waals surface area contributed by atoms with Gasteiger partial charge in [-0.2, -0.15) is 0 Å². The van der Waals surface area contributed by atoms with E-state index in [9.17, 15) is 13.2 Å². The van der Waals surface area contributed by atoms with E-state index >= 15 is 0 Å². The lowest BCUT2D eigenvalue weighted by molar-refractivity contribution is 0.571. The van der Waals surface area contributed by atoms with Gasteiger partial charge in [0.2, 0.25) is 10.0 Å². The summed E-state index contributed by atoms with van der Waals surface area (Å²) in [4.78, 5) is 16.5. The molecular formula is C14H13N3O3S2. The van der Waals surface area contributed by atoms with E-state index in [2.05, 4.69) is 9.71 Å². The molecule has 1 aromatic carbocycles. The Bertz CT molecular complexity index is 947. The van der Waals surface area contributed by atoms with Crippen molar-refractivity contribution in [3.05, 3.63) is 58.5 Å². The molecule has 0 spiro atoms. The Balaban J connectivity index is 1.75. The Morgan fingerprint density at radius 1 is 1.18 bits per heavy atom. The molecule has 1 N–H and O–H groups in total. The lowest BCUT2D eigenvalue weighted by Crippen LogP contribution is -2.30. The minimum absolute atomic E-state index is 0.125. The highest BCUT2D eigenvalue weighted by molar-refractivity contribution is 7.91. The topological polar surface area (TPSA) is 81.1 Å². The van der Waals surface area contributed by atoms with E-state index in [0.717, 1.165) is 11.3 Å². The van der Waals surface area contributed by atoms with Crippen molar-refractivity contribution in [1.29, 1.82) is 0 Å². The number of benzene rings is 1. The maximum Gasteiger partial charge on any atom is 0.261 e. The molecule has 0 aliphatic carbocycles. The fourth-order valence-corrected chi connectivity index (χ4v) is 4.11. The second-order valence-corrected chi connectivity index (χ2v) is 7.53. The third-order valence-corrected chi connectivity index (χ3v) is 5.99. The molecule has 114 valence electrons. The van der Waals surface area contributed by atoms with Gasteiger partial charge >= 0.3 is 0 Å². The molecule has 3 aromatic rings. The molecule has 2 heterocycles. The van der Waals surface area contributed by atoms with Gasteiger partial charge in [0, 0.05) is 13.1 Å². The van der Waals surface area contributed by atoms with Crippen molar-refractivity contribution in [1.82, 2.24) is 14.3 Å². The van der Waals surface area contributed by atoms with Crippen LogP contribution in [0.2, 0.25) is 0 Å². The van der Waals surface area contributed by atoms with E-state index in [1.54, 1.807) is 29.6 Å². The van der Waals surface area contributed by atoms with Gasteiger partial charge in [-0.25, -0.2) is 18.1 Å². The molecule has 3 rings (SSSR count). The van der Waals surface area contributed by atoms with Crippen molar-refractivity contribution in [3.8, 4) is 0 Å². The highest BCUT2D eigenvalue weighted by Crippen LogP contribution is 2.14. The molecule has 0 amide bonds. The van der Waals surface area contributed by atoms with Gasteiger partial charge in [0.05, 0.1) is 17.2 Å². The predicted molar refractivity (Wildman–Crippen MR) is 85.5 cm³/mol. The zero-order chi connectivity index (χ0) is 15.6. The number of fused-ring (bicyclic) bond motifs is 1. The van der Waals surface area contributed by atoms with Gasteiger partial charge in [0.1, 0.15) is 4.21 Å². The summed E-state index contributed by atoms with van der Waals surface area (Å²) in [6.45, 7) is 0.349. The lowest BCUT2D eigenvalue weighted by Gasteiger charge is -2.08. The second-order valence-electron chi connectivity index (χ2n) is 4.59. The Morgan fingerprint density at radius 3 is 2.77 bits per heavy atom. The SMILES string of the molecule is O=c1c2ccccc2ncn1CCNS(=O)(=O)c1cccs1. The molecule has 0 atom stereocenters. The highest BCUT2D eigenvalue weighted by atomic mass is 32.2. The number of aromatic nitrogens is 2. The zero-order valence-electron chi connectivity index (χ0n) is 11.5. The van der Waals surface area contributed by atoms with Gasteiger partial charge in [-0.1, -0.05) is 18.2 Å². The molecule has 0 saturated heterocycles. The summed E-state index contributed by atoms with van der Waals surface area (Å²) in [7, 11) is -3.51. The van der Waals surface area contributed by atoms with Gasteiger partial charge in [0.15, 0.2) is 0 Å². The van der Waals surface area contributed by atoms with Gasteiger partial charge < -0.3 is 0 Å². The number of thiophene rings is 1. The van der Waals surface area contributed by atoms with E-state index in [0.29, 0.717) is 10.9 Å². The van der Waals surface area contributed by atoms with Crippen LogP contribution in [0.5, 0.6) is 0 Å². The monoisotopic (exact) mass is 335 g/mol. The van der Waals surface area contributed by atoms with Crippen molar-refractivity contribution in [2.24, 2.45) is 0 Å². The minimum Gasteiger partial charge on any atom is -0.297 e. The van der Waals surface area contributed by atoms with Crippen molar-refractivity contribution in [2.75, 3.05) is 6.54 Å². The van der Waals surface area contributed by atoms with Crippen LogP contribution >= 0.6 is 11.3 Å². The summed E-state index contributed by atoms with van der Waals surface area (Å²) in [5.74, 6) is 0. The average Bonchev–Trinajstić information content (AvgIpc) is 3.05. The normalized spacial score (nSPS) is 11.8. The van der Waals surface area contributed by atoms with Crippen molar-refractivity contribution in [2.45, 2.75) is 10.8 Å². The van der Waals surface area contributed by atoms with Crippen LogP contribution in [0.25, 0.3) is 10.9 Å². The number of sulfonamides is 1. The number of rotatable bonds is 5. The molecular weight excluding hydrogens is 322 g/mol. The van der Waals surface area contributed by atoms with Gasteiger partial charge in [-0.05, 0) is 23.6 Å². The fraction of sp³-hybridized carbons (Fsp3) is 0.143. The second kappa shape index (κ2) is 5.99. The maximum absolute atomic E-state index is 12.3. The van der Waals surface area contributed by atoms with Gasteiger partial charge in [-0.3, -0.25) is 9.36 Å². The molecule has 0 unspecified atom stereocenters. The first-order chi connectivity index (χ1) is 10.6. The van der Waals surface area contributed by atoms with E-state index in [1.807, 2.05) is 6.07 Å². The summed E-state index contributed by atoms with van der Waals surface area (Å²) >= 11 is 1.15. The lowest BCUT2D eigenvalue weighted by atomic mass is 10.2. The summed E-state index contributed by atoms with van der Waals surface area (Å²) in [6.07, 6.45) is 1.43. The maximum atomic E-state index is 12.3. The van der Waals surface area contributed by atoms with Crippen LogP contribution in [-0.2, 0) is 16.6 Å². The largest absolute Gasteiger partial charge is 0.297 e. The van der Waals surface area contributed by atoms with Crippen LogP contribution in [0.3, 0.4) is 0 Å². The number of hydrogen-bond donors (Lipinski definition) is 1. The third-order valence-electron chi connectivity index (χ3n) is 3.14. The summed E-state index contributed by atoms with van der Waals surface area (Å²) < 4.78 is 28.1. The first-order valence-corrected chi connectivity index (χ1v) is 8.91. The molecule has 22 heavy (non-hydrogen) atoms. The summed E-state index contributed by atoms with van der Waals surface area (Å²) in [5, 5.41) is 2.22. The van der Waals surface area contributed by atoms with Crippen LogP contribution in [0, 0.1) is 0 Å². The highest BCUT2D eigenvalue weighted by Gasteiger charge is 2.14. The molecule has 8 heteroatoms. The molecule has 6 nitrogen and oxygen atoms in total. The standard InChI is InChI=1S/C14H13N3O3S2/c18-14-11-4-1-2-5-12(11)15-10-17(14)8-7-16-22(19,20)13-6-3-9-21-13/h1-6,9-10,16H,7-8H2. The van der Waals surface area contributed by atoms with Crippen LogP contribution in [0.1, 0.15) is 0 Å². The van der Waals surface area contributed by atoms with Crippen LogP contribution < -0.4 is 10.3 Å². The number of nitrogens with one attached hydrogen (secondary N) is 1. The van der Waals surface area contributed by atoms with E-state index in [4.69, 9.17) is 0 Å². The Labute approximate surface area is 131 Å². The predicted octanol–water partition coefficient (Wildman–Crippen LogP) is 1.44. The third kappa shape index (κ3) is 2.94. The van der Waals surface area contributed by atoms with E-state index in [1.165, 1.54) is 17.0 Å². The molecule has 2 aromatic heterocycles. The van der Waals surface area contributed by atoms with Gasteiger partial charge in [-0.15, -0.1) is 11.3 Å². The van der Waals surface area contributed by atoms with Crippen molar-refractivity contribution < 1.29 is 8.42 Å². The first-order valence-electron chi connectivity index (χ1n) is 6.55. The molecule has 0 bridgehead atoms.